The van der Waals surface area contributed by atoms with Gasteiger partial charge in [-0.05, 0) is 17.7 Å². The van der Waals surface area contributed by atoms with E-state index in [0.29, 0.717) is 16.9 Å². The zero-order valence-corrected chi connectivity index (χ0v) is 11.4. The summed E-state index contributed by atoms with van der Waals surface area (Å²) in [6, 6.07) is 15.4. The molecule has 2 aromatic carbocycles. The summed E-state index contributed by atoms with van der Waals surface area (Å²) in [5.41, 5.74) is 1.36. The van der Waals surface area contributed by atoms with Gasteiger partial charge in [-0.3, -0.25) is 9.52 Å². The lowest BCUT2D eigenvalue weighted by atomic mass is 10.2. The molecule has 0 saturated carbocycles. The first-order valence-electron chi connectivity index (χ1n) is 5.87. The van der Waals surface area contributed by atoms with Crippen LogP contribution in [0.3, 0.4) is 0 Å². The minimum absolute atomic E-state index is 0.132. The van der Waals surface area contributed by atoms with Crippen molar-refractivity contribution >= 4 is 27.8 Å². The second-order valence-electron chi connectivity index (χ2n) is 4.12. The standard InChI is InChI=1S/C14H13N2O3S/c17-11-15-13-8-4-5-9-14(13)16-20(18,19)10-12-6-2-1-3-7-12/h1-9,16H,10H2,(H,15,17). The van der Waals surface area contributed by atoms with E-state index in [1.807, 2.05) is 6.07 Å². The minimum atomic E-state index is -3.55. The van der Waals surface area contributed by atoms with E-state index in [1.54, 1.807) is 48.5 Å². The molecule has 0 saturated heterocycles. The van der Waals surface area contributed by atoms with Crippen LogP contribution in [-0.4, -0.2) is 14.8 Å². The number of hydrogen-bond donors (Lipinski definition) is 2. The Labute approximate surface area is 117 Å². The van der Waals surface area contributed by atoms with Gasteiger partial charge in [0.1, 0.15) is 0 Å². The number of amides is 1. The van der Waals surface area contributed by atoms with E-state index in [2.05, 4.69) is 10.0 Å². The molecular weight excluding hydrogens is 276 g/mol. The molecule has 1 amide bonds. The number of carbonyl (C=O) groups excluding carboxylic acids is 1. The Kier molecular flexibility index (Phi) is 4.37. The number of sulfonamides is 1. The van der Waals surface area contributed by atoms with E-state index in [0.717, 1.165) is 0 Å². The fourth-order valence-electron chi connectivity index (χ4n) is 1.73. The van der Waals surface area contributed by atoms with Crippen molar-refractivity contribution in [3.8, 4) is 0 Å². The third-order valence-corrected chi connectivity index (χ3v) is 3.82. The Morgan fingerprint density at radius 2 is 1.50 bits per heavy atom. The Morgan fingerprint density at radius 1 is 0.900 bits per heavy atom. The molecule has 0 fully saturated rings. The lowest BCUT2D eigenvalue weighted by Crippen LogP contribution is -2.16. The van der Waals surface area contributed by atoms with Gasteiger partial charge in [0.05, 0.1) is 17.1 Å². The van der Waals surface area contributed by atoms with E-state index in [4.69, 9.17) is 0 Å². The van der Waals surface area contributed by atoms with Gasteiger partial charge in [0.25, 0.3) is 0 Å². The summed E-state index contributed by atoms with van der Waals surface area (Å²) in [6.45, 7) is 0. The Morgan fingerprint density at radius 3 is 2.15 bits per heavy atom. The van der Waals surface area contributed by atoms with Gasteiger partial charge < -0.3 is 5.32 Å². The van der Waals surface area contributed by atoms with Crippen molar-refractivity contribution in [2.24, 2.45) is 0 Å². The summed E-state index contributed by atoms with van der Waals surface area (Å²) in [6.07, 6.45) is 1.53. The summed E-state index contributed by atoms with van der Waals surface area (Å²) in [5.74, 6) is -0.132. The van der Waals surface area contributed by atoms with Gasteiger partial charge in [0.15, 0.2) is 0 Å². The summed E-state index contributed by atoms with van der Waals surface area (Å²) >= 11 is 0. The molecule has 0 aliphatic carbocycles. The third-order valence-electron chi connectivity index (χ3n) is 2.58. The molecule has 0 unspecified atom stereocenters. The first-order chi connectivity index (χ1) is 9.61. The highest BCUT2D eigenvalue weighted by Crippen LogP contribution is 2.22. The SMILES string of the molecule is O=[C]Nc1ccccc1NS(=O)(=O)Cc1ccccc1. The lowest BCUT2D eigenvalue weighted by molar-refractivity contribution is 0.561. The maximum Gasteiger partial charge on any atom is 0.314 e. The van der Waals surface area contributed by atoms with Gasteiger partial charge in [-0.1, -0.05) is 42.5 Å². The van der Waals surface area contributed by atoms with E-state index in [1.165, 1.54) is 6.41 Å². The average Bonchev–Trinajstić information content (AvgIpc) is 2.41. The topological polar surface area (TPSA) is 75.3 Å². The van der Waals surface area contributed by atoms with Crippen LogP contribution in [0, 0.1) is 0 Å². The monoisotopic (exact) mass is 289 g/mol. The zero-order chi connectivity index (χ0) is 14.4. The Hall–Kier alpha value is -2.34. The minimum Gasteiger partial charge on any atom is -0.316 e. The van der Waals surface area contributed by atoms with E-state index >= 15 is 0 Å². The van der Waals surface area contributed by atoms with Crippen molar-refractivity contribution in [3.05, 3.63) is 60.2 Å². The second kappa shape index (κ2) is 6.21. The Balaban J connectivity index is 2.18. The van der Waals surface area contributed by atoms with Crippen LogP contribution in [0.4, 0.5) is 11.4 Å². The maximum atomic E-state index is 12.1. The van der Waals surface area contributed by atoms with Crippen LogP contribution in [-0.2, 0) is 20.6 Å². The quantitative estimate of drug-likeness (QED) is 0.800. The molecule has 2 aromatic rings. The van der Waals surface area contributed by atoms with Crippen molar-refractivity contribution in [3.63, 3.8) is 0 Å². The molecule has 0 bridgehead atoms. The van der Waals surface area contributed by atoms with Crippen molar-refractivity contribution < 1.29 is 13.2 Å². The van der Waals surface area contributed by atoms with Crippen molar-refractivity contribution in [1.29, 1.82) is 0 Å². The van der Waals surface area contributed by atoms with Gasteiger partial charge in [-0.15, -0.1) is 0 Å². The summed E-state index contributed by atoms with van der Waals surface area (Å²) in [7, 11) is -3.55. The number of nitrogens with one attached hydrogen (secondary N) is 2. The highest BCUT2D eigenvalue weighted by Gasteiger charge is 2.13. The van der Waals surface area contributed by atoms with Crippen molar-refractivity contribution in [1.82, 2.24) is 0 Å². The zero-order valence-electron chi connectivity index (χ0n) is 10.5. The predicted molar refractivity (Wildman–Crippen MR) is 78.4 cm³/mol. The first-order valence-corrected chi connectivity index (χ1v) is 7.52. The van der Waals surface area contributed by atoms with E-state index in [-0.39, 0.29) is 5.75 Å². The molecular formula is C14H13N2O3S. The first kappa shape index (κ1) is 14.1. The molecule has 1 radical (unpaired) electrons. The highest BCUT2D eigenvalue weighted by molar-refractivity contribution is 7.91. The van der Waals surface area contributed by atoms with Gasteiger partial charge in [0.2, 0.25) is 10.0 Å². The summed E-state index contributed by atoms with van der Waals surface area (Å²) in [5, 5.41) is 2.33. The number of rotatable bonds is 6. The highest BCUT2D eigenvalue weighted by atomic mass is 32.2. The van der Waals surface area contributed by atoms with Crippen LogP contribution in [0.2, 0.25) is 0 Å². The number of hydrogen-bond acceptors (Lipinski definition) is 3. The lowest BCUT2D eigenvalue weighted by Gasteiger charge is -2.11. The summed E-state index contributed by atoms with van der Waals surface area (Å²) < 4.78 is 26.6. The Bertz CT molecular complexity index is 685. The second-order valence-corrected chi connectivity index (χ2v) is 5.84. The largest absolute Gasteiger partial charge is 0.316 e. The molecule has 0 spiro atoms. The molecule has 0 aromatic heterocycles. The smallest absolute Gasteiger partial charge is 0.314 e. The van der Waals surface area contributed by atoms with Crippen LogP contribution in [0.1, 0.15) is 5.56 Å². The van der Waals surface area contributed by atoms with Crippen molar-refractivity contribution in [2.45, 2.75) is 5.75 Å². The molecule has 20 heavy (non-hydrogen) atoms. The fraction of sp³-hybridized carbons (Fsp3) is 0.0714. The van der Waals surface area contributed by atoms with Crippen LogP contribution in [0.5, 0.6) is 0 Å². The van der Waals surface area contributed by atoms with Gasteiger partial charge >= 0.3 is 6.41 Å². The van der Waals surface area contributed by atoms with Crippen LogP contribution >= 0.6 is 0 Å². The molecule has 103 valence electrons. The van der Waals surface area contributed by atoms with Crippen molar-refractivity contribution in [2.75, 3.05) is 10.0 Å². The molecule has 0 aliphatic heterocycles. The molecule has 0 atom stereocenters. The number of para-hydroxylation sites is 2. The maximum absolute atomic E-state index is 12.1. The molecule has 0 heterocycles. The molecule has 0 aliphatic rings. The number of benzene rings is 2. The van der Waals surface area contributed by atoms with Gasteiger partial charge in [-0.2, -0.15) is 0 Å². The molecule has 2 N–H and O–H groups in total. The summed E-state index contributed by atoms with van der Waals surface area (Å²) in [4.78, 5) is 10.4. The van der Waals surface area contributed by atoms with Gasteiger partial charge in [0, 0.05) is 0 Å². The van der Waals surface area contributed by atoms with E-state index < -0.39 is 10.0 Å². The molecule has 6 heteroatoms. The third kappa shape index (κ3) is 3.83. The average molecular weight is 289 g/mol. The predicted octanol–water partition coefficient (Wildman–Crippen LogP) is 2.11. The van der Waals surface area contributed by atoms with Crippen LogP contribution < -0.4 is 10.0 Å². The molecule has 2 rings (SSSR count). The van der Waals surface area contributed by atoms with Crippen LogP contribution in [0.25, 0.3) is 0 Å². The fourth-order valence-corrected chi connectivity index (χ4v) is 2.95. The number of anilines is 2. The normalized spacial score (nSPS) is 10.8. The van der Waals surface area contributed by atoms with E-state index in [9.17, 15) is 13.2 Å². The molecule has 5 nitrogen and oxygen atoms in total. The van der Waals surface area contributed by atoms with Crippen LogP contribution in [0.15, 0.2) is 54.6 Å². The van der Waals surface area contributed by atoms with Gasteiger partial charge in [-0.25, -0.2) is 8.42 Å².